The van der Waals surface area contributed by atoms with Gasteiger partial charge in [-0.2, -0.15) is 0 Å². The highest BCUT2D eigenvalue weighted by molar-refractivity contribution is 14.1. The molecule has 0 saturated heterocycles. The monoisotopic (exact) mass is 380 g/mol. The molecule has 3 rings (SSSR count). The summed E-state index contributed by atoms with van der Waals surface area (Å²) in [7, 11) is 0. The number of hydrogen-bond donors (Lipinski definition) is 0. The van der Waals surface area contributed by atoms with Crippen LogP contribution in [0.2, 0.25) is 0 Å². The van der Waals surface area contributed by atoms with Crippen LogP contribution < -0.4 is 0 Å². The summed E-state index contributed by atoms with van der Waals surface area (Å²) in [4.78, 5) is 0. The van der Waals surface area contributed by atoms with E-state index in [2.05, 4.69) is 22.6 Å². The van der Waals surface area contributed by atoms with Crippen LogP contribution in [0.4, 0.5) is 13.2 Å². The van der Waals surface area contributed by atoms with E-state index in [1.54, 1.807) is 6.07 Å². The van der Waals surface area contributed by atoms with E-state index >= 15 is 0 Å². The molecule has 2 aliphatic carbocycles. The van der Waals surface area contributed by atoms with Crippen molar-refractivity contribution in [3.8, 4) is 0 Å². The zero-order valence-corrected chi connectivity index (χ0v) is 12.7. The smallest absolute Gasteiger partial charge is 0.206 e. The van der Waals surface area contributed by atoms with Crippen LogP contribution in [0.1, 0.15) is 36.8 Å². The third-order valence-electron chi connectivity index (χ3n) is 4.61. The fourth-order valence-electron chi connectivity index (χ4n) is 3.61. The zero-order chi connectivity index (χ0) is 13.6. The second kappa shape index (κ2) is 4.93. The summed E-state index contributed by atoms with van der Waals surface area (Å²) >= 11 is 2.40. The van der Waals surface area contributed by atoms with E-state index in [4.69, 9.17) is 0 Å². The van der Waals surface area contributed by atoms with Crippen molar-refractivity contribution < 1.29 is 13.2 Å². The van der Waals surface area contributed by atoms with Crippen molar-refractivity contribution in [3.05, 3.63) is 35.1 Å². The van der Waals surface area contributed by atoms with E-state index in [1.165, 1.54) is 6.07 Å². The van der Waals surface area contributed by atoms with E-state index in [-0.39, 0.29) is 11.5 Å². The fraction of sp³-hybridized carbons (Fsp3) is 0.600. The van der Waals surface area contributed by atoms with E-state index in [0.717, 1.165) is 31.7 Å². The van der Waals surface area contributed by atoms with Gasteiger partial charge in [-0.3, -0.25) is 0 Å². The van der Waals surface area contributed by atoms with Crippen molar-refractivity contribution in [1.82, 2.24) is 0 Å². The van der Waals surface area contributed by atoms with Crippen LogP contribution >= 0.6 is 22.6 Å². The van der Waals surface area contributed by atoms with Crippen molar-refractivity contribution in [2.45, 2.75) is 42.0 Å². The first kappa shape index (κ1) is 13.7. The highest BCUT2D eigenvalue weighted by atomic mass is 127. The second-order valence-corrected chi connectivity index (χ2v) is 7.48. The SMILES string of the molecule is Fc1cccc2c1C(F)(F)C(C1CCC(I)CC1)C2. The summed E-state index contributed by atoms with van der Waals surface area (Å²) in [6.45, 7) is 0. The van der Waals surface area contributed by atoms with Gasteiger partial charge in [0.05, 0.1) is 5.56 Å². The second-order valence-electron chi connectivity index (χ2n) is 5.72. The molecule has 104 valence electrons. The van der Waals surface area contributed by atoms with Crippen molar-refractivity contribution in [2.24, 2.45) is 11.8 Å². The molecule has 1 unspecified atom stereocenters. The lowest BCUT2D eigenvalue weighted by Gasteiger charge is -2.33. The maximum atomic E-state index is 14.5. The maximum absolute atomic E-state index is 14.5. The normalized spacial score (nSPS) is 33.2. The lowest BCUT2D eigenvalue weighted by atomic mass is 9.77. The molecular formula is C15H16F3I. The summed E-state index contributed by atoms with van der Waals surface area (Å²) in [5, 5.41) is 0. The number of fused-ring (bicyclic) bond motifs is 1. The van der Waals surface area contributed by atoms with Crippen LogP contribution in [0.25, 0.3) is 0 Å². The number of halogens is 4. The van der Waals surface area contributed by atoms with Crippen molar-refractivity contribution in [1.29, 1.82) is 0 Å². The first-order chi connectivity index (χ1) is 9.00. The molecule has 1 fully saturated rings. The van der Waals surface area contributed by atoms with Gasteiger partial charge in [0.2, 0.25) is 0 Å². The molecule has 0 bridgehead atoms. The summed E-state index contributed by atoms with van der Waals surface area (Å²) in [5.41, 5.74) is 0.170. The molecule has 0 aromatic heterocycles. The van der Waals surface area contributed by atoms with Crippen LogP contribution in [-0.4, -0.2) is 3.92 Å². The van der Waals surface area contributed by atoms with Crippen LogP contribution in [0.5, 0.6) is 0 Å². The summed E-state index contributed by atoms with van der Waals surface area (Å²) in [6, 6.07) is 4.33. The summed E-state index contributed by atoms with van der Waals surface area (Å²) in [6.07, 6.45) is 4.05. The van der Waals surface area contributed by atoms with E-state index in [9.17, 15) is 13.2 Å². The molecular weight excluding hydrogens is 364 g/mol. The Morgan fingerprint density at radius 1 is 1.11 bits per heavy atom. The van der Waals surface area contributed by atoms with Crippen molar-refractivity contribution >= 4 is 22.6 Å². The van der Waals surface area contributed by atoms with E-state index in [1.807, 2.05) is 0 Å². The molecule has 0 aliphatic heterocycles. The van der Waals surface area contributed by atoms with Gasteiger partial charge in [-0.1, -0.05) is 34.7 Å². The minimum Gasteiger partial charge on any atom is -0.206 e. The predicted molar refractivity (Wildman–Crippen MR) is 77.3 cm³/mol. The number of benzene rings is 1. The molecule has 1 aromatic rings. The highest BCUT2D eigenvalue weighted by Gasteiger charge is 2.53. The zero-order valence-electron chi connectivity index (χ0n) is 10.5. The van der Waals surface area contributed by atoms with Crippen molar-refractivity contribution in [2.75, 3.05) is 0 Å². The number of rotatable bonds is 1. The average molecular weight is 380 g/mol. The standard InChI is InChI=1S/C15H16F3I/c16-13-3-1-2-10-8-12(15(17,18)14(10)13)9-4-6-11(19)7-5-9/h1-3,9,11-12H,4-8H2. The summed E-state index contributed by atoms with van der Waals surface area (Å²) in [5.74, 6) is -4.41. The topological polar surface area (TPSA) is 0 Å². The molecule has 0 heterocycles. The van der Waals surface area contributed by atoms with Gasteiger partial charge in [0, 0.05) is 9.84 Å². The molecule has 4 heteroatoms. The Hall–Kier alpha value is -0.260. The van der Waals surface area contributed by atoms with E-state index < -0.39 is 17.7 Å². The molecule has 19 heavy (non-hydrogen) atoms. The molecule has 2 aliphatic rings. The lowest BCUT2D eigenvalue weighted by molar-refractivity contribution is -0.0815. The van der Waals surface area contributed by atoms with Gasteiger partial charge in [-0.25, -0.2) is 13.2 Å². The Kier molecular flexibility index (Phi) is 3.56. The molecule has 0 spiro atoms. The highest BCUT2D eigenvalue weighted by Crippen LogP contribution is 2.53. The molecule has 0 radical (unpaired) electrons. The molecule has 1 saturated carbocycles. The molecule has 0 nitrogen and oxygen atoms in total. The van der Waals surface area contributed by atoms with Gasteiger partial charge >= 0.3 is 0 Å². The Morgan fingerprint density at radius 2 is 1.79 bits per heavy atom. The Balaban J connectivity index is 1.89. The first-order valence-electron chi connectivity index (χ1n) is 6.80. The van der Waals surface area contributed by atoms with Crippen molar-refractivity contribution in [3.63, 3.8) is 0 Å². The van der Waals surface area contributed by atoms with Gasteiger partial charge in [0.1, 0.15) is 5.82 Å². The Bertz CT molecular complexity index is 478. The number of hydrogen-bond acceptors (Lipinski definition) is 0. The van der Waals surface area contributed by atoms with Gasteiger partial charge < -0.3 is 0 Å². The Morgan fingerprint density at radius 3 is 2.42 bits per heavy atom. The first-order valence-corrected chi connectivity index (χ1v) is 8.04. The summed E-state index contributed by atoms with van der Waals surface area (Å²) < 4.78 is 43.3. The largest absolute Gasteiger partial charge is 0.279 e. The van der Waals surface area contributed by atoms with Crippen LogP contribution in [-0.2, 0) is 12.3 Å². The maximum Gasteiger partial charge on any atom is 0.279 e. The average Bonchev–Trinajstić information content (AvgIpc) is 2.63. The third kappa shape index (κ3) is 2.30. The molecule has 1 aromatic carbocycles. The van der Waals surface area contributed by atoms with E-state index in [0.29, 0.717) is 15.9 Å². The van der Waals surface area contributed by atoms with Gasteiger partial charge in [-0.05, 0) is 49.7 Å². The minimum absolute atomic E-state index is 0.0350. The van der Waals surface area contributed by atoms with Crippen LogP contribution in [0.3, 0.4) is 0 Å². The quantitative estimate of drug-likeness (QED) is 0.471. The fourth-order valence-corrected chi connectivity index (χ4v) is 4.33. The van der Waals surface area contributed by atoms with Gasteiger partial charge in [0.15, 0.2) is 0 Å². The Labute approximate surface area is 124 Å². The van der Waals surface area contributed by atoms with Crippen LogP contribution in [0.15, 0.2) is 18.2 Å². The minimum atomic E-state index is -3.00. The van der Waals surface area contributed by atoms with Gasteiger partial charge in [0.25, 0.3) is 5.92 Å². The molecule has 1 atom stereocenters. The van der Waals surface area contributed by atoms with Crippen LogP contribution in [0, 0.1) is 17.7 Å². The molecule has 0 amide bonds. The third-order valence-corrected chi connectivity index (χ3v) is 5.85. The van der Waals surface area contributed by atoms with Gasteiger partial charge in [-0.15, -0.1) is 0 Å². The number of alkyl halides is 3. The lowest BCUT2D eigenvalue weighted by Crippen LogP contribution is -2.31. The predicted octanol–water partition coefficient (Wildman–Crippen LogP) is 5.08. The molecule has 0 N–H and O–H groups in total.